The molecule has 0 aliphatic carbocycles. The van der Waals surface area contributed by atoms with Gasteiger partial charge in [0.05, 0.1) is 13.0 Å². The minimum absolute atomic E-state index is 0.0497. The zero-order valence-corrected chi connectivity index (χ0v) is 21.9. The van der Waals surface area contributed by atoms with Crippen LogP contribution in [0.2, 0.25) is 5.02 Å². The number of hydrogen-bond acceptors (Lipinski definition) is 4. The molecule has 1 aliphatic heterocycles. The molecule has 1 atom stereocenters. The van der Waals surface area contributed by atoms with Crippen molar-refractivity contribution in [2.24, 2.45) is 0 Å². The molecule has 0 bridgehead atoms. The van der Waals surface area contributed by atoms with E-state index < -0.39 is 5.54 Å². The average molecular weight is 499 g/mol. The number of carbonyl (C=O) groups is 3. The zero-order valence-electron chi connectivity index (χ0n) is 21.1. The van der Waals surface area contributed by atoms with E-state index in [0.717, 1.165) is 22.3 Å². The van der Waals surface area contributed by atoms with Crippen LogP contribution in [0, 0.1) is 13.8 Å². The standard InChI is InChI=1S/C28H35ClN2O4/c1-5-35-26(33)10-7-12-30(19-22-8-6-9-24(29)17-22)27(34)28(4)11-13-31(28)25(32)18-23-15-20(2)14-21(3)16-23/h6,8-9,14-17H,5,7,10-13,18-19H2,1-4H3. The number of amides is 2. The number of benzene rings is 2. The van der Waals surface area contributed by atoms with E-state index >= 15 is 0 Å². The van der Waals surface area contributed by atoms with Gasteiger partial charge in [0.2, 0.25) is 11.8 Å². The Balaban J connectivity index is 1.74. The van der Waals surface area contributed by atoms with Crippen molar-refractivity contribution >= 4 is 29.4 Å². The minimum Gasteiger partial charge on any atom is -0.466 e. The summed E-state index contributed by atoms with van der Waals surface area (Å²) < 4.78 is 5.03. The highest BCUT2D eigenvalue weighted by atomic mass is 35.5. The molecule has 35 heavy (non-hydrogen) atoms. The molecule has 7 heteroatoms. The molecule has 6 nitrogen and oxygen atoms in total. The lowest BCUT2D eigenvalue weighted by Crippen LogP contribution is -2.68. The molecule has 1 aliphatic rings. The van der Waals surface area contributed by atoms with E-state index in [9.17, 15) is 14.4 Å². The molecule has 2 amide bonds. The van der Waals surface area contributed by atoms with E-state index in [0.29, 0.717) is 44.1 Å². The molecule has 0 N–H and O–H groups in total. The number of halogens is 1. The maximum absolute atomic E-state index is 13.8. The van der Waals surface area contributed by atoms with Crippen LogP contribution in [0.25, 0.3) is 0 Å². The first-order valence-electron chi connectivity index (χ1n) is 12.2. The van der Waals surface area contributed by atoms with Crippen LogP contribution in [0.1, 0.15) is 55.4 Å². The molecule has 0 saturated carbocycles. The first kappa shape index (κ1) is 26.7. The second kappa shape index (κ2) is 11.7. The molecule has 0 radical (unpaired) electrons. The summed E-state index contributed by atoms with van der Waals surface area (Å²) in [5.74, 6) is -0.435. The Hall–Kier alpha value is -2.86. The normalized spacial score (nSPS) is 17.0. The Morgan fingerprint density at radius 3 is 2.40 bits per heavy atom. The zero-order chi connectivity index (χ0) is 25.6. The van der Waals surface area contributed by atoms with Gasteiger partial charge in [0.1, 0.15) is 5.54 Å². The predicted octanol–water partition coefficient (Wildman–Crippen LogP) is 4.86. The summed E-state index contributed by atoms with van der Waals surface area (Å²) in [5.41, 5.74) is 3.19. The third-order valence-corrected chi connectivity index (χ3v) is 6.72. The molecule has 1 unspecified atom stereocenters. The van der Waals surface area contributed by atoms with E-state index in [2.05, 4.69) is 6.07 Å². The van der Waals surface area contributed by atoms with Crippen LogP contribution >= 0.6 is 11.6 Å². The van der Waals surface area contributed by atoms with E-state index in [1.165, 1.54) is 0 Å². The molecule has 1 saturated heterocycles. The quantitative estimate of drug-likeness (QED) is 0.439. The maximum atomic E-state index is 13.8. The van der Waals surface area contributed by atoms with Crippen LogP contribution in [0.15, 0.2) is 42.5 Å². The van der Waals surface area contributed by atoms with E-state index in [1.54, 1.807) is 22.8 Å². The third-order valence-electron chi connectivity index (χ3n) is 6.48. The summed E-state index contributed by atoms with van der Waals surface area (Å²) in [5, 5.41) is 0.599. The topological polar surface area (TPSA) is 66.9 Å². The first-order chi connectivity index (χ1) is 16.6. The Kier molecular flexibility index (Phi) is 8.95. The third kappa shape index (κ3) is 6.85. The van der Waals surface area contributed by atoms with Crippen molar-refractivity contribution in [3.05, 3.63) is 69.7 Å². The summed E-state index contributed by atoms with van der Waals surface area (Å²) in [6.07, 6.45) is 1.59. The van der Waals surface area contributed by atoms with Gasteiger partial charge in [0.15, 0.2) is 0 Å². The lowest BCUT2D eigenvalue weighted by molar-refractivity contribution is -0.164. The van der Waals surface area contributed by atoms with Gasteiger partial charge in [0.25, 0.3) is 0 Å². The van der Waals surface area contributed by atoms with E-state index in [4.69, 9.17) is 16.3 Å². The first-order valence-corrected chi connectivity index (χ1v) is 12.6. The van der Waals surface area contributed by atoms with Crippen LogP contribution < -0.4 is 0 Å². The molecule has 188 valence electrons. The molecule has 3 rings (SSSR count). The van der Waals surface area contributed by atoms with Crippen molar-refractivity contribution in [2.75, 3.05) is 19.7 Å². The number of nitrogens with zero attached hydrogens (tertiary/aromatic N) is 2. The molecular formula is C28H35ClN2O4. The number of likely N-dealkylation sites (tertiary alicyclic amines) is 1. The maximum Gasteiger partial charge on any atom is 0.305 e. The highest BCUT2D eigenvalue weighted by Crippen LogP contribution is 2.34. The lowest BCUT2D eigenvalue weighted by atomic mass is 9.84. The van der Waals surface area contributed by atoms with Gasteiger partial charge < -0.3 is 14.5 Å². The van der Waals surface area contributed by atoms with Crippen LogP contribution in [0.3, 0.4) is 0 Å². The van der Waals surface area contributed by atoms with E-state index in [1.807, 2.05) is 51.1 Å². The molecule has 0 aromatic heterocycles. The van der Waals surface area contributed by atoms with Crippen LogP contribution in [0.5, 0.6) is 0 Å². The van der Waals surface area contributed by atoms with Crippen molar-refractivity contribution in [2.45, 2.75) is 65.5 Å². The summed E-state index contributed by atoms with van der Waals surface area (Å²) >= 11 is 6.16. The van der Waals surface area contributed by atoms with Crippen molar-refractivity contribution in [3.63, 3.8) is 0 Å². The van der Waals surface area contributed by atoms with Gasteiger partial charge in [-0.3, -0.25) is 14.4 Å². The molecule has 1 heterocycles. The molecule has 1 fully saturated rings. The van der Waals surface area contributed by atoms with Crippen molar-refractivity contribution in [1.82, 2.24) is 9.80 Å². The smallest absolute Gasteiger partial charge is 0.305 e. The minimum atomic E-state index is -0.904. The Morgan fingerprint density at radius 1 is 1.09 bits per heavy atom. The SMILES string of the molecule is CCOC(=O)CCCN(Cc1cccc(Cl)c1)C(=O)C1(C)CCN1C(=O)Cc1cc(C)cc(C)c1. The van der Waals surface area contributed by atoms with E-state index in [-0.39, 0.29) is 30.6 Å². The lowest BCUT2D eigenvalue weighted by Gasteiger charge is -2.51. The van der Waals surface area contributed by atoms with Gasteiger partial charge in [-0.05, 0) is 63.8 Å². The van der Waals surface area contributed by atoms with Gasteiger partial charge in [0, 0.05) is 31.1 Å². The van der Waals surface area contributed by atoms with Crippen LogP contribution in [0.4, 0.5) is 0 Å². The van der Waals surface area contributed by atoms with Gasteiger partial charge in [-0.2, -0.15) is 0 Å². The fourth-order valence-corrected chi connectivity index (χ4v) is 4.93. The van der Waals surface area contributed by atoms with Gasteiger partial charge in [-0.1, -0.05) is 53.1 Å². The van der Waals surface area contributed by atoms with Crippen molar-refractivity contribution < 1.29 is 19.1 Å². The largest absolute Gasteiger partial charge is 0.466 e. The Labute approximate surface area is 213 Å². The van der Waals surface area contributed by atoms with Crippen molar-refractivity contribution in [1.29, 1.82) is 0 Å². The summed E-state index contributed by atoms with van der Waals surface area (Å²) in [6, 6.07) is 13.5. The number of esters is 1. The van der Waals surface area contributed by atoms with Gasteiger partial charge in [-0.15, -0.1) is 0 Å². The van der Waals surface area contributed by atoms with Crippen LogP contribution in [-0.4, -0.2) is 52.8 Å². The van der Waals surface area contributed by atoms with Gasteiger partial charge >= 0.3 is 5.97 Å². The number of ether oxygens (including phenoxy) is 1. The Morgan fingerprint density at radius 2 is 1.80 bits per heavy atom. The molecular weight excluding hydrogens is 464 g/mol. The summed E-state index contributed by atoms with van der Waals surface area (Å²) in [4.78, 5) is 42.3. The highest BCUT2D eigenvalue weighted by molar-refractivity contribution is 6.30. The summed E-state index contributed by atoms with van der Waals surface area (Å²) in [6.45, 7) is 9.28. The monoisotopic (exact) mass is 498 g/mol. The second-order valence-corrected chi connectivity index (χ2v) is 9.94. The van der Waals surface area contributed by atoms with Crippen LogP contribution in [-0.2, 0) is 32.1 Å². The Bertz CT molecular complexity index is 1070. The predicted molar refractivity (Wildman–Crippen MR) is 137 cm³/mol. The van der Waals surface area contributed by atoms with Crippen molar-refractivity contribution in [3.8, 4) is 0 Å². The fourth-order valence-electron chi connectivity index (χ4n) is 4.72. The number of hydrogen-bond donors (Lipinski definition) is 0. The second-order valence-electron chi connectivity index (χ2n) is 9.51. The molecule has 0 spiro atoms. The average Bonchev–Trinajstić information content (AvgIpc) is 2.76. The highest BCUT2D eigenvalue weighted by Gasteiger charge is 2.50. The number of carbonyl (C=O) groups excluding carboxylic acids is 3. The number of rotatable bonds is 10. The van der Waals surface area contributed by atoms with Gasteiger partial charge in [-0.25, -0.2) is 0 Å². The molecule has 2 aromatic rings. The summed E-state index contributed by atoms with van der Waals surface area (Å²) in [7, 11) is 0. The fraction of sp³-hybridized carbons (Fsp3) is 0.464. The molecule has 2 aromatic carbocycles. The number of aryl methyl sites for hydroxylation is 2.